The monoisotopic (exact) mass is 294 g/mol. The molecule has 1 saturated heterocycles. The first-order chi connectivity index (χ1) is 8.95. The van der Waals surface area contributed by atoms with Gasteiger partial charge in [-0.25, -0.2) is 9.18 Å². The number of aliphatic hydroxyl groups excluding tert-OH is 2. The molecular weight excluding hydrogens is 283 g/mol. The van der Waals surface area contributed by atoms with E-state index in [4.69, 9.17) is 16.3 Å². The Balaban J connectivity index is 2.42. The van der Waals surface area contributed by atoms with E-state index in [1.165, 1.54) is 0 Å². The number of aliphatic hydroxyl groups is 2. The summed E-state index contributed by atoms with van der Waals surface area (Å²) in [7, 11) is 0. The number of hydrogen-bond donors (Lipinski definition) is 3. The smallest absolute Gasteiger partial charge is 0.330 e. The molecule has 3 N–H and O–H groups in total. The summed E-state index contributed by atoms with van der Waals surface area (Å²) in [5.74, 6) is -0.348. The van der Waals surface area contributed by atoms with E-state index in [1.807, 2.05) is 4.98 Å². The lowest BCUT2D eigenvalue weighted by molar-refractivity contribution is -0.115. The van der Waals surface area contributed by atoms with Crippen LogP contribution in [0.25, 0.3) is 0 Å². The Kier molecular flexibility index (Phi) is 3.77. The molecule has 0 saturated carbocycles. The molecule has 0 aromatic carbocycles. The fourth-order valence-corrected chi connectivity index (χ4v) is 2.25. The van der Waals surface area contributed by atoms with Gasteiger partial charge in [0, 0.05) is 12.3 Å². The number of aromatic amines is 1. The summed E-state index contributed by atoms with van der Waals surface area (Å²) in [5, 5.41) is 19.0. The molecule has 1 aliphatic rings. The molecule has 4 atom stereocenters. The summed E-state index contributed by atoms with van der Waals surface area (Å²) >= 11 is 5.59. The topological polar surface area (TPSA) is 105 Å². The zero-order valence-corrected chi connectivity index (χ0v) is 10.4. The highest BCUT2D eigenvalue weighted by Gasteiger charge is 2.55. The van der Waals surface area contributed by atoms with Crippen LogP contribution < -0.4 is 11.2 Å². The second-order valence-corrected chi connectivity index (χ2v) is 4.54. The number of nitrogens with zero attached hydrogens (tertiary/aromatic N) is 1. The normalized spacial score (nSPS) is 34.6. The second kappa shape index (κ2) is 5.04. The molecule has 0 bridgehead atoms. The lowest BCUT2D eigenvalue weighted by atomic mass is 9.99. The van der Waals surface area contributed by atoms with Crippen LogP contribution >= 0.6 is 11.6 Å². The number of hydrogen-bond acceptors (Lipinski definition) is 5. The van der Waals surface area contributed by atoms with Crippen molar-refractivity contribution >= 4 is 11.6 Å². The van der Waals surface area contributed by atoms with Gasteiger partial charge in [-0.15, -0.1) is 11.6 Å². The lowest BCUT2D eigenvalue weighted by Gasteiger charge is -2.26. The third kappa shape index (κ3) is 2.20. The molecular formula is C10H12ClFN2O5. The van der Waals surface area contributed by atoms with E-state index < -0.39 is 42.0 Å². The molecule has 2 rings (SSSR count). The van der Waals surface area contributed by atoms with Crippen molar-refractivity contribution in [3.05, 3.63) is 33.1 Å². The van der Waals surface area contributed by atoms with E-state index in [1.54, 1.807) is 0 Å². The maximum absolute atomic E-state index is 14.0. The number of nitrogens with one attached hydrogen (secondary N) is 1. The van der Waals surface area contributed by atoms with Gasteiger partial charge in [-0.3, -0.25) is 14.3 Å². The largest absolute Gasteiger partial charge is 0.393 e. The Bertz CT molecular complexity index is 570. The number of H-pyrrole nitrogens is 1. The first kappa shape index (κ1) is 14.2. The van der Waals surface area contributed by atoms with E-state index in [0.29, 0.717) is 0 Å². The molecule has 19 heavy (non-hydrogen) atoms. The Morgan fingerprint density at radius 2 is 2.26 bits per heavy atom. The third-order valence-corrected chi connectivity index (χ3v) is 3.54. The highest BCUT2D eigenvalue weighted by molar-refractivity contribution is 6.18. The molecule has 106 valence electrons. The number of aromatic nitrogens is 2. The molecule has 1 aliphatic heterocycles. The van der Waals surface area contributed by atoms with Gasteiger partial charge in [0.15, 0.2) is 12.4 Å². The fourth-order valence-electron chi connectivity index (χ4n) is 1.94. The molecule has 2 heterocycles. The van der Waals surface area contributed by atoms with Crippen LogP contribution in [0.2, 0.25) is 0 Å². The van der Waals surface area contributed by atoms with Crippen molar-refractivity contribution in [2.45, 2.75) is 24.1 Å². The molecule has 9 heteroatoms. The Labute approximate surface area is 111 Å². The summed E-state index contributed by atoms with van der Waals surface area (Å²) in [6.07, 6.45) is -4.06. The second-order valence-electron chi connectivity index (χ2n) is 4.27. The van der Waals surface area contributed by atoms with Crippen LogP contribution in [0.1, 0.15) is 6.23 Å². The van der Waals surface area contributed by atoms with E-state index in [0.717, 1.165) is 16.8 Å². The van der Waals surface area contributed by atoms with Crippen LogP contribution in [-0.2, 0) is 4.74 Å². The molecule has 0 radical (unpaired) electrons. The predicted molar refractivity (Wildman–Crippen MR) is 62.9 cm³/mol. The van der Waals surface area contributed by atoms with Crippen LogP contribution in [0.5, 0.6) is 0 Å². The Morgan fingerprint density at radius 3 is 2.74 bits per heavy atom. The van der Waals surface area contributed by atoms with E-state index in [-0.39, 0.29) is 5.88 Å². The van der Waals surface area contributed by atoms with Crippen LogP contribution in [0.3, 0.4) is 0 Å². The van der Waals surface area contributed by atoms with E-state index in [9.17, 15) is 24.2 Å². The van der Waals surface area contributed by atoms with Gasteiger partial charge in [0.1, 0.15) is 11.7 Å². The van der Waals surface area contributed by atoms with Crippen molar-refractivity contribution in [2.24, 2.45) is 0 Å². The summed E-state index contributed by atoms with van der Waals surface area (Å²) in [5.41, 5.74) is -3.20. The number of ether oxygens (including phenoxy) is 1. The van der Waals surface area contributed by atoms with Gasteiger partial charge in [0.25, 0.3) is 5.56 Å². The van der Waals surface area contributed by atoms with Crippen LogP contribution in [-0.4, -0.2) is 50.1 Å². The minimum Gasteiger partial charge on any atom is -0.393 e. The van der Waals surface area contributed by atoms with Crippen LogP contribution in [0.4, 0.5) is 4.39 Å². The maximum Gasteiger partial charge on any atom is 0.330 e. The maximum atomic E-state index is 14.0. The summed E-state index contributed by atoms with van der Waals surface area (Å²) < 4.78 is 20.0. The quantitative estimate of drug-likeness (QED) is 0.603. The van der Waals surface area contributed by atoms with Crippen molar-refractivity contribution in [1.82, 2.24) is 9.55 Å². The van der Waals surface area contributed by atoms with Crippen molar-refractivity contribution in [2.75, 3.05) is 12.5 Å². The SMILES string of the molecule is O=c1ccn([C@@H]2OC(CO)(CCl)[C@@H](O)[C@H]2F)c(=O)[nH]1. The van der Waals surface area contributed by atoms with Crippen LogP contribution in [0.15, 0.2) is 21.9 Å². The molecule has 0 aliphatic carbocycles. The average Bonchev–Trinajstić information content (AvgIpc) is 2.64. The average molecular weight is 295 g/mol. The fraction of sp³-hybridized carbons (Fsp3) is 0.600. The Hall–Kier alpha value is -1.22. The first-order valence-corrected chi connectivity index (χ1v) is 5.97. The van der Waals surface area contributed by atoms with Crippen LogP contribution in [0, 0.1) is 0 Å². The van der Waals surface area contributed by atoms with Crippen molar-refractivity contribution in [1.29, 1.82) is 0 Å². The molecule has 0 spiro atoms. The van der Waals surface area contributed by atoms with Gasteiger partial charge in [-0.2, -0.15) is 0 Å². The molecule has 7 nitrogen and oxygen atoms in total. The van der Waals surface area contributed by atoms with Crippen molar-refractivity contribution in [3.8, 4) is 0 Å². The highest BCUT2D eigenvalue weighted by atomic mass is 35.5. The van der Waals surface area contributed by atoms with Gasteiger partial charge in [0.05, 0.1) is 12.5 Å². The number of alkyl halides is 2. The lowest BCUT2D eigenvalue weighted by Crippen LogP contribution is -2.47. The van der Waals surface area contributed by atoms with Gasteiger partial charge in [0.2, 0.25) is 0 Å². The zero-order chi connectivity index (χ0) is 14.2. The first-order valence-electron chi connectivity index (χ1n) is 5.43. The van der Waals surface area contributed by atoms with E-state index in [2.05, 4.69) is 0 Å². The minimum absolute atomic E-state index is 0.348. The highest BCUT2D eigenvalue weighted by Crippen LogP contribution is 2.38. The van der Waals surface area contributed by atoms with Gasteiger partial charge < -0.3 is 14.9 Å². The summed E-state index contributed by atoms with van der Waals surface area (Å²) in [4.78, 5) is 24.4. The molecule has 1 fully saturated rings. The third-order valence-electron chi connectivity index (χ3n) is 3.09. The molecule has 0 amide bonds. The van der Waals surface area contributed by atoms with Crippen molar-refractivity contribution in [3.63, 3.8) is 0 Å². The summed E-state index contributed by atoms with van der Waals surface area (Å²) in [6.45, 7) is -0.702. The molecule has 1 aromatic heterocycles. The number of halogens is 2. The van der Waals surface area contributed by atoms with E-state index >= 15 is 0 Å². The van der Waals surface area contributed by atoms with Crippen molar-refractivity contribution < 1.29 is 19.3 Å². The standard InChI is InChI=1S/C10H12ClFN2O5/c11-3-10(4-15)7(17)6(12)8(19-10)14-2-1-5(16)13-9(14)18/h1-2,6-8,15,17H,3-4H2,(H,13,16,18)/t6-,7+,8-,10?/m1/s1. The Morgan fingerprint density at radius 1 is 1.58 bits per heavy atom. The molecule has 1 aromatic rings. The number of rotatable bonds is 3. The minimum atomic E-state index is -1.96. The van der Waals surface area contributed by atoms with Gasteiger partial charge in [-0.05, 0) is 0 Å². The van der Waals surface area contributed by atoms with Gasteiger partial charge >= 0.3 is 5.69 Å². The summed E-state index contributed by atoms with van der Waals surface area (Å²) in [6, 6.07) is 1.02. The van der Waals surface area contributed by atoms with Gasteiger partial charge in [-0.1, -0.05) is 0 Å². The molecule has 1 unspecified atom stereocenters. The predicted octanol–water partition coefficient (Wildman–Crippen LogP) is -1.27. The zero-order valence-electron chi connectivity index (χ0n) is 9.62.